The van der Waals surface area contributed by atoms with Gasteiger partial charge < -0.3 is 9.47 Å². The van der Waals surface area contributed by atoms with Crippen LogP contribution in [0.5, 0.6) is 0 Å². The van der Waals surface area contributed by atoms with Gasteiger partial charge in [-0.1, -0.05) is 30.7 Å². The summed E-state index contributed by atoms with van der Waals surface area (Å²) in [6.45, 7) is 4.41. The molecule has 1 unspecified atom stereocenters. The molecule has 1 saturated heterocycles. The molecule has 24 heavy (non-hydrogen) atoms. The molecule has 4 rings (SSSR count). The van der Waals surface area contributed by atoms with Gasteiger partial charge in [0.25, 0.3) is 0 Å². The number of nitrogens with zero attached hydrogens (tertiary/aromatic N) is 4. The van der Waals surface area contributed by atoms with Gasteiger partial charge in [-0.05, 0) is 37.0 Å². The van der Waals surface area contributed by atoms with Crippen molar-refractivity contribution in [2.24, 2.45) is 13.0 Å². The van der Waals surface area contributed by atoms with Crippen LogP contribution in [0.15, 0.2) is 36.5 Å². The van der Waals surface area contributed by atoms with Crippen LogP contribution in [-0.4, -0.2) is 27.6 Å². The summed E-state index contributed by atoms with van der Waals surface area (Å²) in [5, 5.41) is 0.641. The Bertz CT molecular complexity index is 886. The van der Waals surface area contributed by atoms with E-state index in [1.807, 2.05) is 25.2 Å². The maximum atomic E-state index is 6.46. The predicted molar refractivity (Wildman–Crippen MR) is 99.6 cm³/mol. The molecule has 1 fully saturated rings. The molecular formula is C19H21ClN4. The van der Waals surface area contributed by atoms with E-state index in [1.54, 1.807) is 6.20 Å². The summed E-state index contributed by atoms with van der Waals surface area (Å²) < 4.78 is 2.10. The van der Waals surface area contributed by atoms with E-state index < -0.39 is 0 Å². The monoisotopic (exact) mass is 340 g/mol. The summed E-state index contributed by atoms with van der Waals surface area (Å²) in [4.78, 5) is 11.7. The van der Waals surface area contributed by atoms with Crippen LogP contribution in [0.1, 0.15) is 19.8 Å². The number of hydrogen-bond acceptors (Lipinski definition) is 3. The molecule has 1 aliphatic rings. The van der Waals surface area contributed by atoms with E-state index in [2.05, 4.69) is 33.5 Å². The second kappa shape index (κ2) is 6.10. The van der Waals surface area contributed by atoms with E-state index in [4.69, 9.17) is 16.6 Å². The van der Waals surface area contributed by atoms with Crippen molar-refractivity contribution in [2.45, 2.75) is 19.8 Å². The number of benzene rings is 1. The average Bonchev–Trinajstić information content (AvgIpc) is 2.92. The fraction of sp³-hybridized carbons (Fsp3) is 0.368. The van der Waals surface area contributed by atoms with Gasteiger partial charge in [0.1, 0.15) is 11.6 Å². The minimum Gasteiger partial charge on any atom is -0.356 e. The SMILES string of the molecule is CC1CCCN(c2cc(-c3nc4ccccc4n3C)c(Cl)cn2)C1. The van der Waals surface area contributed by atoms with Crippen molar-refractivity contribution < 1.29 is 0 Å². The number of rotatable bonds is 2. The zero-order valence-corrected chi connectivity index (χ0v) is 14.8. The Morgan fingerprint density at radius 1 is 1.25 bits per heavy atom. The number of imidazole rings is 1. The number of hydrogen-bond donors (Lipinski definition) is 0. The van der Waals surface area contributed by atoms with Gasteiger partial charge in [0, 0.05) is 31.9 Å². The Morgan fingerprint density at radius 2 is 2.08 bits per heavy atom. The lowest BCUT2D eigenvalue weighted by Gasteiger charge is -2.32. The highest BCUT2D eigenvalue weighted by atomic mass is 35.5. The Labute approximate surface area is 147 Å². The van der Waals surface area contributed by atoms with Crippen LogP contribution in [0, 0.1) is 5.92 Å². The largest absolute Gasteiger partial charge is 0.356 e. The third kappa shape index (κ3) is 2.65. The quantitative estimate of drug-likeness (QED) is 0.687. The third-order valence-electron chi connectivity index (χ3n) is 4.85. The number of fused-ring (bicyclic) bond motifs is 1. The number of piperidine rings is 1. The van der Waals surface area contributed by atoms with Crippen LogP contribution in [0.4, 0.5) is 5.82 Å². The number of aryl methyl sites for hydroxylation is 1. The molecule has 1 atom stereocenters. The van der Waals surface area contributed by atoms with Crippen LogP contribution < -0.4 is 4.90 Å². The Balaban J connectivity index is 1.79. The molecule has 0 N–H and O–H groups in total. The van der Waals surface area contributed by atoms with Gasteiger partial charge in [-0.2, -0.15) is 0 Å². The van der Waals surface area contributed by atoms with Crippen LogP contribution in [0.25, 0.3) is 22.4 Å². The highest BCUT2D eigenvalue weighted by Crippen LogP contribution is 2.32. The molecule has 3 heterocycles. The Morgan fingerprint density at radius 3 is 2.88 bits per heavy atom. The molecule has 0 amide bonds. The molecular weight excluding hydrogens is 320 g/mol. The van der Waals surface area contributed by atoms with Gasteiger partial charge in [-0.3, -0.25) is 0 Å². The number of para-hydroxylation sites is 2. The number of pyridine rings is 1. The van der Waals surface area contributed by atoms with Crippen molar-refractivity contribution in [1.82, 2.24) is 14.5 Å². The lowest BCUT2D eigenvalue weighted by Crippen LogP contribution is -2.34. The maximum absolute atomic E-state index is 6.46. The predicted octanol–water partition coefficient (Wildman–Crippen LogP) is 4.53. The number of aromatic nitrogens is 3. The number of anilines is 1. The zero-order valence-electron chi connectivity index (χ0n) is 14.0. The number of halogens is 1. The summed E-state index contributed by atoms with van der Waals surface area (Å²) in [6.07, 6.45) is 4.26. The van der Waals surface area contributed by atoms with Crippen LogP contribution in [0.3, 0.4) is 0 Å². The second-order valence-electron chi connectivity index (χ2n) is 6.70. The van der Waals surface area contributed by atoms with Crippen LogP contribution in [-0.2, 0) is 7.05 Å². The van der Waals surface area contributed by atoms with Gasteiger partial charge >= 0.3 is 0 Å². The molecule has 0 radical (unpaired) electrons. The first kappa shape index (κ1) is 15.5. The van der Waals surface area contributed by atoms with Crippen molar-refractivity contribution in [3.63, 3.8) is 0 Å². The summed E-state index contributed by atoms with van der Waals surface area (Å²) in [5.74, 6) is 2.58. The van der Waals surface area contributed by atoms with E-state index >= 15 is 0 Å². The Hall–Kier alpha value is -2.07. The summed E-state index contributed by atoms with van der Waals surface area (Å²) in [5.41, 5.74) is 3.03. The molecule has 0 aliphatic carbocycles. The molecule has 2 aromatic heterocycles. The average molecular weight is 341 g/mol. The fourth-order valence-corrected chi connectivity index (χ4v) is 3.74. The van der Waals surface area contributed by atoms with Gasteiger partial charge in [0.15, 0.2) is 0 Å². The fourth-order valence-electron chi connectivity index (χ4n) is 3.56. The maximum Gasteiger partial charge on any atom is 0.142 e. The first-order valence-electron chi connectivity index (χ1n) is 8.46. The lowest BCUT2D eigenvalue weighted by molar-refractivity contribution is 0.444. The van der Waals surface area contributed by atoms with Crippen molar-refractivity contribution >= 4 is 28.5 Å². The van der Waals surface area contributed by atoms with Crippen LogP contribution >= 0.6 is 11.6 Å². The van der Waals surface area contributed by atoms with Gasteiger partial charge in [0.2, 0.25) is 0 Å². The molecule has 0 bridgehead atoms. The third-order valence-corrected chi connectivity index (χ3v) is 5.15. The van der Waals surface area contributed by atoms with E-state index in [0.717, 1.165) is 41.3 Å². The summed E-state index contributed by atoms with van der Waals surface area (Å²) >= 11 is 6.46. The lowest BCUT2D eigenvalue weighted by atomic mass is 10.0. The molecule has 0 spiro atoms. The first-order chi connectivity index (χ1) is 11.6. The van der Waals surface area contributed by atoms with E-state index in [0.29, 0.717) is 10.9 Å². The van der Waals surface area contributed by atoms with Gasteiger partial charge in [-0.25, -0.2) is 9.97 Å². The van der Waals surface area contributed by atoms with Gasteiger partial charge in [-0.15, -0.1) is 0 Å². The molecule has 1 aromatic carbocycles. The molecule has 3 aromatic rings. The Kier molecular flexibility index (Phi) is 3.93. The molecule has 4 nitrogen and oxygen atoms in total. The summed E-state index contributed by atoms with van der Waals surface area (Å²) in [7, 11) is 2.03. The van der Waals surface area contributed by atoms with Crippen molar-refractivity contribution in [2.75, 3.05) is 18.0 Å². The molecule has 1 aliphatic heterocycles. The highest BCUT2D eigenvalue weighted by Gasteiger charge is 2.20. The van der Waals surface area contributed by atoms with E-state index in [9.17, 15) is 0 Å². The molecule has 124 valence electrons. The highest BCUT2D eigenvalue weighted by molar-refractivity contribution is 6.33. The smallest absolute Gasteiger partial charge is 0.142 e. The first-order valence-corrected chi connectivity index (χ1v) is 8.83. The standard InChI is InChI=1S/C19H21ClN4/c1-13-6-5-9-24(12-13)18-10-14(15(20)11-21-18)19-22-16-7-3-4-8-17(16)23(19)2/h3-4,7-8,10-11,13H,5-6,9,12H2,1-2H3. The normalized spacial score (nSPS) is 18.3. The van der Waals surface area contributed by atoms with Gasteiger partial charge in [0.05, 0.1) is 16.1 Å². The van der Waals surface area contributed by atoms with Crippen molar-refractivity contribution in [1.29, 1.82) is 0 Å². The minimum atomic E-state index is 0.641. The van der Waals surface area contributed by atoms with Crippen molar-refractivity contribution in [3.05, 3.63) is 41.6 Å². The summed E-state index contributed by atoms with van der Waals surface area (Å²) in [6, 6.07) is 10.2. The zero-order chi connectivity index (χ0) is 16.7. The second-order valence-corrected chi connectivity index (χ2v) is 7.11. The van der Waals surface area contributed by atoms with Crippen LogP contribution in [0.2, 0.25) is 5.02 Å². The van der Waals surface area contributed by atoms with E-state index in [1.165, 1.54) is 12.8 Å². The van der Waals surface area contributed by atoms with Crippen molar-refractivity contribution in [3.8, 4) is 11.4 Å². The molecule has 5 heteroatoms. The van der Waals surface area contributed by atoms with E-state index in [-0.39, 0.29) is 0 Å². The molecule has 0 saturated carbocycles. The topological polar surface area (TPSA) is 34.0 Å². The minimum absolute atomic E-state index is 0.641.